The summed E-state index contributed by atoms with van der Waals surface area (Å²) in [6.07, 6.45) is 0. The van der Waals surface area contributed by atoms with Crippen LogP contribution in [0, 0.1) is 6.92 Å². The Labute approximate surface area is 148 Å². The van der Waals surface area contributed by atoms with E-state index in [4.69, 9.17) is 4.74 Å². The Morgan fingerprint density at radius 1 is 0.880 bits per heavy atom. The van der Waals surface area contributed by atoms with Crippen molar-refractivity contribution < 1.29 is 9.53 Å². The van der Waals surface area contributed by atoms with Crippen molar-refractivity contribution in [1.29, 1.82) is 0 Å². The lowest BCUT2D eigenvalue weighted by Gasteiger charge is -2.30. The van der Waals surface area contributed by atoms with Crippen LogP contribution in [0.1, 0.15) is 27.0 Å². The van der Waals surface area contributed by atoms with Gasteiger partial charge in [-0.05, 0) is 35.2 Å². The molecule has 0 spiro atoms. The molecule has 0 unspecified atom stereocenters. The molecule has 0 bridgehead atoms. The monoisotopic (exact) mass is 328 g/mol. The Morgan fingerprint density at radius 3 is 2.04 bits per heavy atom. The Bertz CT molecular complexity index is 910. The molecule has 2 nitrogen and oxygen atoms in total. The third kappa shape index (κ3) is 2.25. The number of benzene rings is 3. The highest BCUT2D eigenvalue weighted by atomic mass is 16.5. The van der Waals surface area contributed by atoms with Crippen LogP contribution in [0.2, 0.25) is 0 Å². The second-order valence-electron chi connectivity index (χ2n) is 6.63. The molecule has 2 heteroatoms. The van der Waals surface area contributed by atoms with E-state index < -0.39 is 5.41 Å². The minimum Gasteiger partial charge on any atom is -0.383 e. The van der Waals surface area contributed by atoms with E-state index in [0.29, 0.717) is 6.61 Å². The molecule has 0 saturated carbocycles. The molecule has 25 heavy (non-hydrogen) atoms. The number of hydrogen-bond donors (Lipinski definition) is 0. The first kappa shape index (κ1) is 15.8. The molecule has 4 rings (SSSR count). The Hall–Kier alpha value is -2.71. The van der Waals surface area contributed by atoms with Crippen LogP contribution in [0.25, 0.3) is 11.1 Å². The first-order valence-corrected chi connectivity index (χ1v) is 8.48. The van der Waals surface area contributed by atoms with Gasteiger partial charge in [0.05, 0.1) is 6.61 Å². The summed E-state index contributed by atoms with van der Waals surface area (Å²) >= 11 is 0. The van der Waals surface area contributed by atoms with Gasteiger partial charge in [-0.15, -0.1) is 0 Å². The third-order valence-corrected chi connectivity index (χ3v) is 5.09. The van der Waals surface area contributed by atoms with Crippen molar-refractivity contribution in [3.63, 3.8) is 0 Å². The molecule has 0 fully saturated rings. The minimum atomic E-state index is -0.796. The fraction of sp³-hybridized carbons (Fsp3) is 0.174. The van der Waals surface area contributed by atoms with Crippen molar-refractivity contribution in [1.82, 2.24) is 0 Å². The molecule has 124 valence electrons. The van der Waals surface area contributed by atoms with Gasteiger partial charge in [-0.25, -0.2) is 0 Å². The van der Waals surface area contributed by atoms with E-state index in [9.17, 15) is 4.79 Å². The molecule has 0 atom stereocenters. The van der Waals surface area contributed by atoms with Gasteiger partial charge < -0.3 is 4.74 Å². The predicted octanol–water partition coefficient (Wildman–Crippen LogP) is 4.79. The number of methoxy groups -OCH3 is 1. The second-order valence-corrected chi connectivity index (χ2v) is 6.63. The van der Waals surface area contributed by atoms with Gasteiger partial charge in [0.1, 0.15) is 5.41 Å². The fourth-order valence-corrected chi connectivity index (χ4v) is 4.04. The van der Waals surface area contributed by atoms with Crippen LogP contribution < -0.4 is 0 Å². The fourth-order valence-electron chi connectivity index (χ4n) is 4.04. The maximum atomic E-state index is 13.8. The number of ether oxygens (including phenoxy) is 1. The van der Waals surface area contributed by atoms with Gasteiger partial charge >= 0.3 is 0 Å². The zero-order chi connectivity index (χ0) is 17.4. The molecular formula is C23H20O2. The van der Waals surface area contributed by atoms with Crippen LogP contribution in [-0.2, 0) is 10.2 Å². The molecule has 3 aromatic rings. The van der Waals surface area contributed by atoms with Crippen molar-refractivity contribution in [3.05, 3.63) is 95.1 Å². The van der Waals surface area contributed by atoms with Crippen LogP contribution >= 0.6 is 0 Å². The molecule has 0 aliphatic heterocycles. The second kappa shape index (κ2) is 5.98. The van der Waals surface area contributed by atoms with Gasteiger partial charge in [0.15, 0.2) is 5.78 Å². The minimum absolute atomic E-state index is 0.0930. The Morgan fingerprint density at radius 2 is 1.48 bits per heavy atom. The first-order chi connectivity index (χ1) is 12.2. The van der Waals surface area contributed by atoms with Crippen molar-refractivity contribution in [2.75, 3.05) is 13.7 Å². The number of Topliss-reactive ketones (excluding diaryl/α,β-unsaturated/α-hetero) is 1. The maximum absolute atomic E-state index is 13.8. The van der Waals surface area contributed by atoms with Crippen molar-refractivity contribution in [2.45, 2.75) is 12.3 Å². The average molecular weight is 328 g/mol. The van der Waals surface area contributed by atoms with Crippen LogP contribution in [0.3, 0.4) is 0 Å². The topological polar surface area (TPSA) is 26.3 Å². The standard InChI is InChI=1S/C23H20O2/c1-16-8-7-9-17(14-16)22(24)23(15-25-2)20-12-5-3-10-18(20)19-11-4-6-13-21(19)23/h3-14H,15H2,1-2H3. The Kier molecular flexibility index (Phi) is 3.78. The molecule has 0 heterocycles. The van der Waals surface area contributed by atoms with E-state index >= 15 is 0 Å². The van der Waals surface area contributed by atoms with Crippen molar-refractivity contribution in [2.24, 2.45) is 0 Å². The quantitative estimate of drug-likeness (QED) is 0.644. The molecule has 1 aliphatic carbocycles. The SMILES string of the molecule is COCC1(C(=O)c2cccc(C)c2)c2ccccc2-c2ccccc21. The summed E-state index contributed by atoms with van der Waals surface area (Å²) in [5.74, 6) is 0.0930. The number of rotatable bonds is 4. The van der Waals surface area contributed by atoms with E-state index in [2.05, 4.69) is 24.3 Å². The van der Waals surface area contributed by atoms with E-state index in [-0.39, 0.29) is 5.78 Å². The first-order valence-electron chi connectivity index (χ1n) is 8.48. The third-order valence-electron chi connectivity index (χ3n) is 5.09. The van der Waals surface area contributed by atoms with E-state index in [1.54, 1.807) is 7.11 Å². The highest BCUT2D eigenvalue weighted by Crippen LogP contribution is 2.50. The maximum Gasteiger partial charge on any atom is 0.180 e. The van der Waals surface area contributed by atoms with Gasteiger partial charge in [0, 0.05) is 12.7 Å². The molecule has 1 aliphatic rings. The van der Waals surface area contributed by atoms with Crippen LogP contribution in [0.5, 0.6) is 0 Å². The zero-order valence-corrected chi connectivity index (χ0v) is 14.5. The van der Waals surface area contributed by atoms with Gasteiger partial charge in [-0.2, -0.15) is 0 Å². The highest BCUT2D eigenvalue weighted by Gasteiger charge is 2.49. The van der Waals surface area contributed by atoms with Crippen molar-refractivity contribution >= 4 is 5.78 Å². The lowest BCUT2D eigenvalue weighted by molar-refractivity contribution is 0.0797. The summed E-state index contributed by atoms with van der Waals surface area (Å²) < 4.78 is 5.59. The number of carbonyl (C=O) groups excluding carboxylic acids is 1. The van der Waals surface area contributed by atoms with Gasteiger partial charge in [-0.1, -0.05) is 72.3 Å². The number of aryl methyl sites for hydroxylation is 1. The lowest BCUT2D eigenvalue weighted by Crippen LogP contribution is -2.40. The summed E-state index contributed by atoms with van der Waals surface area (Å²) in [6, 6.07) is 24.2. The van der Waals surface area contributed by atoms with E-state index in [1.165, 1.54) is 0 Å². The van der Waals surface area contributed by atoms with Gasteiger partial charge in [0.2, 0.25) is 0 Å². The van der Waals surface area contributed by atoms with Crippen LogP contribution in [0.4, 0.5) is 0 Å². The molecule has 0 aromatic heterocycles. The number of fused-ring (bicyclic) bond motifs is 3. The lowest BCUT2D eigenvalue weighted by atomic mass is 9.73. The normalized spacial score (nSPS) is 14.0. The molecule has 0 saturated heterocycles. The van der Waals surface area contributed by atoms with E-state index in [1.807, 2.05) is 55.5 Å². The van der Waals surface area contributed by atoms with E-state index in [0.717, 1.165) is 33.4 Å². The highest BCUT2D eigenvalue weighted by molar-refractivity contribution is 6.11. The summed E-state index contributed by atoms with van der Waals surface area (Å²) in [5.41, 5.74) is 5.32. The smallest absolute Gasteiger partial charge is 0.180 e. The number of hydrogen-bond acceptors (Lipinski definition) is 2. The average Bonchev–Trinajstić information content (AvgIpc) is 2.93. The molecule has 0 amide bonds. The number of carbonyl (C=O) groups is 1. The molecule has 0 radical (unpaired) electrons. The number of ketones is 1. The summed E-state index contributed by atoms with van der Waals surface area (Å²) in [5, 5.41) is 0. The van der Waals surface area contributed by atoms with Crippen molar-refractivity contribution in [3.8, 4) is 11.1 Å². The predicted molar refractivity (Wildman–Crippen MR) is 100 cm³/mol. The molecular weight excluding hydrogens is 308 g/mol. The van der Waals surface area contributed by atoms with Gasteiger partial charge in [0.25, 0.3) is 0 Å². The zero-order valence-electron chi connectivity index (χ0n) is 14.5. The summed E-state index contributed by atoms with van der Waals surface area (Å²) in [6.45, 7) is 2.34. The summed E-state index contributed by atoms with van der Waals surface area (Å²) in [4.78, 5) is 13.8. The summed E-state index contributed by atoms with van der Waals surface area (Å²) in [7, 11) is 1.66. The van der Waals surface area contributed by atoms with Crippen LogP contribution in [-0.4, -0.2) is 19.5 Å². The molecule has 3 aromatic carbocycles. The largest absolute Gasteiger partial charge is 0.383 e. The van der Waals surface area contributed by atoms with Crippen LogP contribution in [0.15, 0.2) is 72.8 Å². The molecule has 0 N–H and O–H groups in total. The van der Waals surface area contributed by atoms with Gasteiger partial charge in [-0.3, -0.25) is 4.79 Å². The Balaban J connectivity index is 2.02.